The zero-order chi connectivity index (χ0) is 14.7. The lowest BCUT2D eigenvalue weighted by atomic mass is 10.2. The highest BCUT2D eigenvalue weighted by Crippen LogP contribution is 2.30. The Balaban J connectivity index is 2.25. The van der Waals surface area contributed by atoms with Crippen molar-refractivity contribution in [1.29, 1.82) is 0 Å². The van der Waals surface area contributed by atoms with Gasteiger partial charge in [0.1, 0.15) is 18.0 Å². The maximum Gasteiger partial charge on any atom is 0.339 e. The molecule has 0 heterocycles. The molecule has 0 bridgehead atoms. The molecule has 2 rings (SSSR count). The predicted octanol–water partition coefficient (Wildman–Crippen LogP) is 4.41. The summed E-state index contributed by atoms with van der Waals surface area (Å²) < 4.78 is 18.3. The molecule has 0 saturated carbocycles. The zero-order valence-corrected chi connectivity index (χ0v) is 11.6. The van der Waals surface area contributed by atoms with Gasteiger partial charge in [0.15, 0.2) is 5.75 Å². The largest absolute Gasteiger partial charge is 0.486 e. The fourth-order valence-electron chi connectivity index (χ4n) is 1.61. The van der Waals surface area contributed by atoms with E-state index >= 15 is 0 Å². The summed E-state index contributed by atoms with van der Waals surface area (Å²) in [4.78, 5) is 11.1. The van der Waals surface area contributed by atoms with E-state index in [1.54, 1.807) is 0 Å². The van der Waals surface area contributed by atoms with Crippen LogP contribution in [-0.4, -0.2) is 11.1 Å². The molecule has 3 nitrogen and oxygen atoms in total. The number of benzene rings is 2. The van der Waals surface area contributed by atoms with Crippen LogP contribution in [0.15, 0.2) is 36.4 Å². The SMILES string of the molecule is O=C(O)c1cccc(Cl)c1OCc1ccc(F)cc1Cl. The van der Waals surface area contributed by atoms with Gasteiger partial charge in [-0.25, -0.2) is 9.18 Å². The Morgan fingerprint density at radius 3 is 2.60 bits per heavy atom. The third-order valence-electron chi connectivity index (χ3n) is 2.58. The van der Waals surface area contributed by atoms with Crippen molar-refractivity contribution in [3.8, 4) is 5.75 Å². The fourth-order valence-corrected chi connectivity index (χ4v) is 2.06. The molecule has 2 aromatic carbocycles. The van der Waals surface area contributed by atoms with E-state index in [0.717, 1.165) is 6.07 Å². The third-order valence-corrected chi connectivity index (χ3v) is 3.23. The van der Waals surface area contributed by atoms with E-state index in [0.29, 0.717) is 5.56 Å². The van der Waals surface area contributed by atoms with Gasteiger partial charge in [-0.3, -0.25) is 0 Å². The molecule has 0 spiro atoms. The maximum atomic E-state index is 12.9. The van der Waals surface area contributed by atoms with Crippen molar-refractivity contribution in [3.63, 3.8) is 0 Å². The maximum absolute atomic E-state index is 12.9. The summed E-state index contributed by atoms with van der Waals surface area (Å²) in [5, 5.41) is 9.45. The number of carboxylic acid groups (broad SMARTS) is 1. The molecule has 0 amide bonds. The summed E-state index contributed by atoms with van der Waals surface area (Å²) >= 11 is 11.8. The van der Waals surface area contributed by atoms with E-state index in [-0.39, 0.29) is 28.0 Å². The molecule has 0 saturated heterocycles. The van der Waals surface area contributed by atoms with E-state index in [1.165, 1.54) is 30.3 Å². The summed E-state index contributed by atoms with van der Waals surface area (Å²) in [6.07, 6.45) is 0. The van der Waals surface area contributed by atoms with Crippen LogP contribution in [0.5, 0.6) is 5.75 Å². The lowest BCUT2D eigenvalue weighted by molar-refractivity contribution is 0.0692. The summed E-state index contributed by atoms with van der Waals surface area (Å²) in [6.45, 7) is -0.0108. The molecule has 104 valence electrons. The minimum absolute atomic E-state index is 0.0108. The average Bonchev–Trinajstić information content (AvgIpc) is 2.38. The van der Waals surface area contributed by atoms with Gasteiger partial charge in [-0.15, -0.1) is 0 Å². The Morgan fingerprint density at radius 2 is 1.95 bits per heavy atom. The van der Waals surface area contributed by atoms with Crippen LogP contribution in [0.2, 0.25) is 10.0 Å². The molecule has 1 N–H and O–H groups in total. The van der Waals surface area contributed by atoms with Crippen molar-refractivity contribution < 1.29 is 19.0 Å². The van der Waals surface area contributed by atoms with Crippen molar-refractivity contribution in [2.24, 2.45) is 0 Å². The van der Waals surface area contributed by atoms with Crippen molar-refractivity contribution in [2.75, 3.05) is 0 Å². The Hall–Kier alpha value is -1.78. The lowest BCUT2D eigenvalue weighted by Crippen LogP contribution is -2.04. The highest BCUT2D eigenvalue weighted by atomic mass is 35.5. The van der Waals surface area contributed by atoms with Gasteiger partial charge in [0.25, 0.3) is 0 Å². The van der Waals surface area contributed by atoms with Crippen molar-refractivity contribution in [1.82, 2.24) is 0 Å². The van der Waals surface area contributed by atoms with Gasteiger partial charge < -0.3 is 9.84 Å². The van der Waals surface area contributed by atoms with Crippen LogP contribution in [0.1, 0.15) is 15.9 Å². The zero-order valence-electron chi connectivity index (χ0n) is 10.1. The predicted molar refractivity (Wildman–Crippen MR) is 74.2 cm³/mol. The number of para-hydroxylation sites is 1. The van der Waals surface area contributed by atoms with Crippen LogP contribution >= 0.6 is 23.2 Å². The van der Waals surface area contributed by atoms with Gasteiger partial charge in [0.2, 0.25) is 0 Å². The molecule has 0 aromatic heterocycles. The van der Waals surface area contributed by atoms with Crippen molar-refractivity contribution >= 4 is 29.2 Å². The molecule has 0 radical (unpaired) electrons. The van der Waals surface area contributed by atoms with Gasteiger partial charge >= 0.3 is 5.97 Å². The van der Waals surface area contributed by atoms with E-state index in [4.69, 9.17) is 33.0 Å². The minimum Gasteiger partial charge on any atom is -0.486 e. The molecule has 0 aliphatic carbocycles. The molecule has 0 unspecified atom stereocenters. The summed E-state index contributed by atoms with van der Waals surface area (Å²) in [6, 6.07) is 8.30. The number of halogens is 3. The number of carbonyl (C=O) groups is 1. The molecule has 0 fully saturated rings. The van der Waals surface area contributed by atoms with Gasteiger partial charge in [0, 0.05) is 5.56 Å². The first-order chi connectivity index (χ1) is 9.49. The summed E-state index contributed by atoms with van der Waals surface area (Å²) in [5.74, 6) is -1.54. The number of aromatic carboxylic acids is 1. The number of rotatable bonds is 4. The van der Waals surface area contributed by atoms with Crippen molar-refractivity contribution in [2.45, 2.75) is 6.61 Å². The topological polar surface area (TPSA) is 46.5 Å². The first kappa shape index (κ1) is 14.6. The number of hydrogen-bond acceptors (Lipinski definition) is 2. The Bertz CT molecular complexity index is 659. The molecular weight excluding hydrogens is 306 g/mol. The molecular formula is C14H9Cl2FO3. The average molecular weight is 315 g/mol. The molecule has 0 aliphatic heterocycles. The number of carboxylic acids is 1. The smallest absolute Gasteiger partial charge is 0.339 e. The molecule has 0 atom stereocenters. The summed E-state index contributed by atoms with van der Waals surface area (Å²) in [7, 11) is 0. The van der Waals surface area contributed by atoms with Crippen LogP contribution in [-0.2, 0) is 6.61 Å². The van der Waals surface area contributed by atoms with E-state index in [2.05, 4.69) is 0 Å². The quantitative estimate of drug-likeness (QED) is 0.909. The van der Waals surface area contributed by atoms with Crippen molar-refractivity contribution in [3.05, 3.63) is 63.4 Å². The van der Waals surface area contributed by atoms with E-state index in [9.17, 15) is 9.18 Å². The van der Waals surface area contributed by atoms with E-state index in [1.807, 2.05) is 0 Å². The summed E-state index contributed by atoms with van der Waals surface area (Å²) in [5.41, 5.74) is 0.486. The highest BCUT2D eigenvalue weighted by molar-refractivity contribution is 6.32. The normalized spacial score (nSPS) is 10.3. The van der Waals surface area contributed by atoms with Gasteiger partial charge in [-0.2, -0.15) is 0 Å². The monoisotopic (exact) mass is 314 g/mol. The van der Waals surface area contributed by atoms with Crippen LogP contribution in [0.4, 0.5) is 4.39 Å². The van der Waals surface area contributed by atoms with Crippen LogP contribution in [0.3, 0.4) is 0 Å². The third kappa shape index (κ3) is 3.21. The second-order valence-electron chi connectivity index (χ2n) is 3.95. The van der Waals surface area contributed by atoms with Gasteiger partial charge in [0.05, 0.1) is 10.0 Å². The molecule has 0 aliphatic rings. The lowest BCUT2D eigenvalue weighted by Gasteiger charge is -2.11. The first-order valence-electron chi connectivity index (χ1n) is 5.57. The highest BCUT2D eigenvalue weighted by Gasteiger charge is 2.15. The standard InChI is InChI=1S/C14H9Cl2FO3/c15-11-3-1-2-10(14(18)19)13(11)20-7-8-4-5-9(17)6-12(8)16/h1-6H,7H2,(H,18,19). The number of ether oxygens (including phenoxy) is 1. The van der Waals surface area contributed by atoms with Crippen LogP contribution < -0.4 is 4.74 Å². The van der Waals surface area contributed by atoms with Crippen LogP contribution in [0.25, 0.3) is 0 Å². The van der Waals surface area contributed by atoms with Crippen LogP contribution in [0, 0.1) is 5.82 Å². The second kappa shape index (κ2) is 6.11. The fraction of sp³-hybridized carbons (Fsp3) is 0.0714. The van der Waals surface area contributed by atoms with Gasteiger partial charge in [-0.05, 0) is 24.3 Å². The Labute approximate surface area is 124 Å². The second-order valence-corrected chi connectivity index (χ2v) is 4.76. The molecule has 2 aromatic rings. The number of hydrogen-bond donors (Lipinski definition) is 1. The van der Waals surface area contributed by atoms with Gasteiger partial charge in [-0.1, -0.05) is 35.3 Å². The molecule has 6 heteroatoms. The molecule has 20 heavy (non-hydrogen) atoms. The Morgan fingerprint density at radius 1 is 1.20 bits per heavy atom. The minimum atomic E-state index is -1.15. The van der Waals surface area contributed by atoms with E-state index < -0.39 is 11.8 Å². The Kier molecular flexibility index (Phi) is 4.47. The first-order valence-corrected chi connectivity index (χ1v) is 6.33.